The van der Waals surface area contributed by atoms with E-state index in [2.05, 4.69) is 10.4 Å². The smallest absolute Gasteiger partial charge is 0.269 e. The highest BCUT2D eigenvalue weighted by molar-refractivity contribution is 5.35. The average Bonchev–Trinajstić information content (AvgIpc) is 3.00. The predicted octanol–water partition coefficient (Wildman–Crippen LogP) is 1.85. The van der Waals surface area contributed by atoms with Gasteiger partial charge in [-0.3, -0.25) is 14.8 Å². The number of aryl methyl sites for hydroxylation is 1. The minimum atomic E-state index is -0.426. The number of non-ortho nitro benzene ring substituents is 1. The van der Waals surface area contributed by atoms with Crippen LogP contribution in [0.5, 0.6) is 5.75 Å². The van der Waals surface area contributed by atoms with Crippen molar-refractivity contribution >= 4 is 5.69 Å². The molecule has 112 valence electrons. The van der Waals surface area contributed by atoms with Crippen LogP contribution in [0, 0.1) is 10.1 Å². The van der Waals surface area contributed by atoms with Crippen LogP contribution in [-0.4, -0.2) is 34.4 Å². The Kier molecular flexibility index (Phi) is 5.71. The topological polar surface area (TPSA) is 82.2 Å². The van der Waals surface area contributed by atoms with Gasteiger partial charge in [0.1, 0.15) is 12.4 Å². The summed E-state index contributed by atoms with van der Waals surface area (Å²) in [5.74, 6) is 0.638. The van der Waals surface area contributed by atoms with E-state index < -0.39 is 4.92 Å². The van der Waals surface area contributed by atoms with Crippen molar-refractivity contribution in [2.75, 3.05) is 19.7 Å². The molecule has 7 heteroatoms. The lowest BCUT2D eigenvalue weighted by atomic mass is 10.3. The fourth-order valence-corrected chi connectivity index (χ4v) is 1.83. The van der Waals surface area contributed by atoms with E-state index in [-0.39, 0.29) is 5.69 Å². The molecule has 0 amide bonds. The SMILES string of the molecule is O=[N+]([O-])c1ccc(OCCNCCCn2cccn2)cc1. The molecule has 0 aliphatic heterocycles. The summed E-state index contributed by atoms with van der Waals surface area (Å²) in [6.45, 7) is 3.04. The third kappa shape index (κ3) is 5.23. The number of nitro groups is 1. The molecule has 0 spiro atoms. The van der Waals surface area contributed by atoms with E-state index in [0.717, 1.165) is 26.1 Å². The highest BCUT2D eigenvalue weighted by atomic mass is 16.6. The monoisotopic (exact) mass is 290 g/mol. The number of benzene rings is 1. The van der Waals surface area contributed by atoms with Crippen LogP contribution in [0.4, 0.5) is 5.69 Å². The van der Waals surface area contributed by atoms with Crippen LogP contribution in [0.3, 0.4) is 0 Å². The van der Waals surface area contributed by atoms with Crippen molar-refractivity contribution in [2.45, 2.75) is 13.0 Å². The number of aromatic nitrogens is 2. The molecule has 2 aromatic rings. The quantitative estimate of drug-likeness (QED) is 0.433. The Balaban J connectivity index is 1.54. The first kappa shape index (κ1) is 15.0. The maximum Gasteiger partial charge on any atom is 0.269 e. The lowest BCUT2D eigenvalue weighted by Gasteiger charge is -2.07. The van der Waals surface area contributed by atoms with Gasteiger partial charge in [-0.2, -0.15) is 5.10 Å². The van der Waals surface area contributed by atoms with E-state index in [0.29, 0.717) is 12.4 Å². The molecule has 1 aromatic carbocycles. The zero-order valence-electron chi connectivity index (χ0n) is 11.6. The number of rotatable bonds is 9. The standard InChI is InChI=1S/C14H18N4O3/c19-18(20)13-3-5-14(6-4-13)21-12-9-15-7-1-10-17-11-2-8-16-17/h2-6,8,11,15H,1,7,9-10,12H2. The zero-order chi connectivity index (χ0) is 14.9. The van der Waals surface area contributed by atoms with Gasteiger partial charge in [0, 0.05) is 37.6 Å². The Hall–Kier alpha value is -2.41. The van der Waals surface area contributed by atoms with Gasteiger partial charge in [-0.25, -0.2) is 0 Å². The Bertz CT molecular complexity index is 540. The van der Waals surface area contributed by atoms with Crippen LogP contribution in [0.15, 0.2) is 42.7 Å². The van der Waals surface area contributed by atoms with E-state index in [1.807, 2.05) is 16.9 Å². The molecular formula is C14H18N4O3. The van der Waals surface area contributed by atoms with Gasteiger partial charge in [0.15, 0.2) is 0 Å². The van der Waals surface area contributed by atoms with E-state index in [1.165, 1.54) is 12.1 Å². The molecule has 0 atom stereocenters. The van der Waals surface area contributed by atoms with Gasteiger partial charge >= 0.3 is 0 Å². The lowest BCUT2D eigenvalue weighted by molar-refractivity contribution is -0.384. The van der Waals surface area contributed by atoms with Crippen molar-refractivity contribution in [1.29, 1.82) is 0 Å². The van der Waals surface area contributed by atoms with Gasteiger partial charge in [-0.05, 0) is 31.2 Å². The van der Waals surface area contributed by atoms with Crippen molar-refractivity contribution in [3.63, 3.8) is 0 Å². The van der Waals surface area contributed by atoms with Crippen molar-refractivity contribution in [2.24, 2.45) is 0 Å². The summed E-state index contributed by atoms with van der Waals surface area (Å²) >= 11 is 0. The minimum Gasteiger partial charge on any atom is -0.492 e. The normalized spacial score (nSPS) is 10.5. The molecule has 0 saturated carbocycles. The van der Waals surface area contributed by atoms with Crippen LogP contribution in [0.1, 0.15) is 6.42 Å². The molecule has 0 unspecified atom stereocenters. The predicted molar refractivity (Wildman–Crippen MR) is 78.3 cm³/mol. The molecule has 21 heavy (non-hydrogen) atoms. The Labute approximate surface area is 122 Å². The molecule has 1 aromatic heterocycles. The second-order valence-corrected chi connectivity index (χ2v) is 4.47. The number of nitrogens with one attached hydrogen (secondary N) is 1. The van der Waals surface area contributed by atoms with Gasteiger partial charge in [0.25, 0.3) is 5.69 Å². The first-order valence-corrected chi connectivity index (χ1v) is 6.81. The van der Waals surface area contributed by atoms with Crippen LogP contribution in [-0.2, 0) is 6.54 Å². The van der Waals surface area contributed by atoms with Crippen LogP contribution < -0.4 is 10.1 Å². The largest absolute Gasteiger partial charge is 0.492 e. The molecule has 0 saturated heterocycles. The second kappa shape index (κ2) is 8.01. The van der Waals surface area contributed by atoms with Gasteiger partial charge < -0.3 is 10.1 Å². The molecule has 0 aliphatic carbocycles. The molecular weight excluding hydrogens is 272 g/mol. The Morgan fingerprint density at radius 2 is 2.10 bits per heavy atom. The number of nitro benzene ring substituents is 1. The van der Waals surface area contributed by atoms with E-state index in [4.69, 9.17) is 4.74 Å². The lowest BCUT2D eigenvalue weighted by Crippen LogP contribution is -2.23. The van der Waals surface area contributed by atoms with E-state index >= 15 is 0 Å². The number of ether oxygens (including phenoxy) is 1. The summed E-state index contributed by atoms with van der Waals surface area (Å²) < 4.78 is 7.39. The van der Waals surface area contributed by atoms with Gasteiger partial charge in [0.2, 0.25) is 0 Å². The summed E-state index contributed by atoms with van der Waals surface area (Å²) in [5, 5.41) is 17.9. The molecule has 0 bridgehead atoms. The summed E-state index contributed by atoms with van der Waals surface area (Å²) in [6, 6.07) is 8.00. The Morgan fingerprint density at radius 3 is 2.76 bits per heavy atom. The van der Waals surface area contributed by atoms with E-state index in [1.54, 1.807) is 18.3 Å². The van der Waals surface area contributed by atoms with Crippen molar-refractivity contribution in [3.8, 4) is 5.75 Å². The third-order valence-electron chi connectivity index (χ3n) is 2.90. The number of hydrogen-bond acceptors (Lipinski definition) is 5. The fraction of sp³-hybridized carbons (Fsp3) is 0.357. The summed E-state index contributed by atoms with van der Waals surface area (Å²) in [6.07, 6.45) is 4.71. The minimum absolute atomic E-state index is 0.0686. The van der Waals surface area contributed by atoms with Crippen molar-refractivity contribution < 1.29 is 9.66 Å². The van der Waals surface area contributed by atoms with Crippen molar-refractivity contribution in [1.82, 2.24) is 15.1 Å². The van der Waals surface area contributed by atoms with E-state index in [9.17, 15) is 10.1 Å². The molecule has 0 aliphatic rings. The molecule has 0 fully saturated rings. The van der Waals surface area contributed by atoms with Crippen molar-refractivity contribution in [3.05, 3.63) is 52.8 Å². The zero-order valence-corrected chi connectivity index (χ0v) is 11.6. The summed E-state index contributed by atoms with van der Waals surface area (Å²) in [4.78, 5) is 10.1. The third-order valence-corrected chi connectivity index (χ3v) is 2.90. The Morgan fingerprint density at radius 1 is 1.29 bits per heavy atom. The molecule has 0 radical (unpaired) electrons. The number of hydrogen-bond donors (Lipinski definition) is 1. The highest BCUT2D eigenvalue weighted by Crippen LogP contribution is 2.16. The molecule has 1 heterocycles. The van der Waals surface area contributed by atoms with Gasteiger partial charge in [-0.15, -0.1) is 0 Å². The van der Waals surface area contributed by atoms with Gasteiger partial charge in [-0.1, -0.05) is 0 Å². The first-order valence-electron chi connectivity index (χ1n) is 6.81. The first-order chi connectivity index (χ1) is 10.3. The summed E-state index contributed by atoms with van der Waals surface area (Å²) in [5.41, 5.74) is 0.0686. The number of nitrogens with zero attached hydrogens (tertiary/aromatic N) is 3. The van der Waals surface area contributed by atoms with Crippen LogP contribution in [0.2, 0.25) is 0 Å². The fourth-order valence-electron chi connectivity index (χ4n) is 1.83. The average molecular weight is 290 g/mol. The maximum atomic E-state index is 10.5. The maximum absolute atomic E-state index is 10.5. The second-order valence-electron chi connectivity index (χ2n) is 4.47. The van der Waals surface area contributed by atoms with Crippen LogP contribution >= 0.6 is 0 Å². The summed E-state index contributed by atoms with van der Waals surface area (Å²) in [7, 11) is 0. The molecule has 7 nitrogen and oxygen atoms in total. The molecule has 2 rings (SSSR count). The molecule has 1 N–H and O–H groups in total. The van der Waals surface area contributed by atoms with Crippen LogP contribution in [0.25, 0.3) is 0 Å². The highest BCUT2D eigenvalue weighted by Gasteiger charge is 2.03. The van der Waals surface area contributed by atoms with Gasteiger partial charge in [0.05, 0.1) is 4.92 Å².